The second-order valence-corrected chi connectivity index (χ2v) is 8.84. The van der Waals surface area contributed by atoms with Crippen LogP contribution in [0.5, 0.6) is 0 Å². The van der Waals surface area contributed by atoms with Crippen LogP contribution in [-0.4, -0.2) is 61.4 Å². The predicted molar refractivity (Wildman–Crippen MR) is 128 cm³/mol. The highest BCUT2D eigenvalue weighted by Crippen LogP contribution is 2.26. The van der Waals surface area contributed by atoms with E-state index in [0.717, 1.165) is 25.1 Å². The maximum Gasteiger partial charge on any atom is 0.246 e. The molecule has 0 radical (unpaired) electrons. The van der Waals surface area contributed by atoms with Crippen LogP contribution in [0, 0.1) is 0 Å². The molecule has 2 atom stereocenters. The standard InChI is InChI=1S/C24H29Cl2N3O4/c1-17(30)27-29(24(31)13-18-8-9-21(25)22(26)12-18)23(19-6-4-3-5-7-19)15-28-11-10-20(14-28)33-16-32-2/h3-9,12,20,23H,10-11,13-16H2,1-2H3,(H,27,30)/t20-,23+/m0/s1. The Balaban J connectivity index is 1.82. The zero-order valence-electron chi connectivity index (χ0n) is 18.8. The van der Waals surface area contributed by atoms with Crippen LogP contribution in [-0.2, 0) is 25.5 Å². The molecule has 3 rings (SSSR count). The first kappa shape index (κ1) is 25.5. The van der Waals surface area contributed by atoms with Gasteiger partial charge in [-0.05, 0) is 29.7 Å². The van der Waals surface area contributed by atoms with E-state index in [1.165, 1.54) is 11.9 Å². The van der Waals surface area contributed by atoms with Gasteiger partial charge in [-0.1, -0.05) is 59.6 Å². The van der Waals surface area contributed by atoms with Crippen molar-refractivity contribution in [3.05, 3.63) is 69.7 Å². The van der Waals surface area contributed by atoms with Crippen LogP contribution in [0.15, 0.2) is 48.5 Å². The second-order valence-electron chi connectivity index (χ2n) is 8.03. The number of amides is 2. The monoisotopic (exact) mass is 493 g/mol. The molecule has 7 nitrogen and oxygen atoms in total. The smallest absolute Gasteiger partial charge is 0.246 e. The summed E-state index contributed by atoms with van der Waals surface area (Å²) in [5.41, 5.74) is 4.39. The summed E-state index contributed by atoms with van der Waals surface area (Å²) in [4.78, 5) is 27.7. The molecule has 2 amide bonds. The number of hydrazine groups is 1. The van der Waals surface area contributed by atoms with E-state index in [2.05, 4.69) is 10.3 Å². The molecule has 1 aliphatic heterocycles. The quantitative estimate of drug-likeness (QED) is 0.424. The number of halogens is 2. The zero-order chi connectivity index (χ0) is 23.8. The van der Waals surface area contributed by atoms with Gasteiger partial charge in [0.15, 0.2) is 0 Å². The van der Waals surface area contributed by atoms with Gasteiger partial charge < -0.3 is 9.47 Å². The number of ether oxygens (including phenoxy) is 2. The number of carbonyl (C=O) groups excluding carboxylic acids is 2. The maximum atomic E-state index is 13.4. The molecule has 0 aliphatic carbocycles. The molecule has 9 heteroatoms. The van der Waals surface area contributed by atoms with Crippen LogP contribution in [0.4, 0.5) is 0 Å². The highest BCUT2D eigenvalue weighted by atomic mass is 35.5. The normalized spacial score (nSPS) is 17.0. The average molecular weight is 494 g/mol. The van der Waals surface area contributed by atoms with Gasteiger partial charge in [-0.2, -0.15) is 0 Å². The Labute approximate surface area is 204 Å². The lowest BCUT2D eigenvalue weighted by atomic mass is 10.0. The molecule has 1 saturated heterocycles. The summed E-state index contributed by atoms with van der Waals surface area (Å²) in [5, 5.41) is 2.24. The molecule has 2 aromatic rings. The molecule has 0 bridgehead atoms. The van der Waals surface area contributed by atoms with Gasteiger partial charge in [0.1, 0.15) is 6.79 Å². The molecule has 0 unspecified atom stereocenters. The first-order valence-electron chi connectivity index (χ1n) is 10.8. The van der Waals surface area contributed by atoms with Crippen molar-refractivity contribution >= 4 is 35.0 Å². The van der Waals surface area contributed by atoms with E-state index >= 15 is 0 Å². The third-order valence-corrected chi connectivity index (χ3v) is 6.20. The second kappa shape index (κ2) is 12.3. The van der Waals surface area contributed by atoms with Gasteiger partial charge in [-0.3, -0.25) is 19.9 Å². The number of hydrogen-bond acceptors (Lipinski definition) is 5. The number of methoxy groups -OCH3 is 1. The van der Waals surface area contributed by atoms with E-state index in [9.17, 15) is 9.59 Å². The number of nitrogens with one attached hydrogen (secondary N) is 1. The van der Waals surface area contributed by atoms with Crippen LogP contribution < -0.4 is 5.43 Å². The molecule has 1 fully saturated rings. The molecule has 2 aromatic carbocycles. The Hall–Kier alpha value is -2.16. The van der Waals surface area contributed by atoms with Crippen molar-refractivity contribution in [3.8, 4) is 0 Å². The third kappa shape index (κ3) is 7.42. The Bertz CT molecular complexity index is 945. The molecule has 0 saturated carbocycles. The van der Waals surface area contributed by atoms with Gasteiger partial charge >= 0.3 is 0 Å². The van der Waals surface area contributed by atoms with Gasteiger partial charge in [-0.25, -0.2) is 5.01 Å². The van der Waals surface area contributed by atoms with Crippen molar-refractivity contribution in [1.82, 2.24) is 15.3 Å². The summed E-state index contributed by atoms with van der Waals surface area (Å²) in [6.45, 7) is 3.74. The molecule has 1 aliphatic rings. The Morgan fingerprint density at radius 1 is 1.18 bits per heavy atom. The van der Waals surface area contributed by atoms with E-state index in [1.807, 2.05) is 30.3 Å². The SMILES string of the molecule is COCO[C@H]1CCN(C[C@H](c2ccccc2)N(NC(C)=O)C(=O)Cc2ccc(Cl)c(Cl)c2)C1. The first-order valence-corrected chi connectivity index (χ1v) is 11.5. The summed E-state index contributed by atoms with van der Waals surface area (Å²) < 4.78 is 10.7. The van der Waals surface area contributed by atoms with Crippen LogP contribution >= 0.6 is 23.2 Å². The van der Waals surface area contributed by atoms with E-state index in [4.69, 9.17) is 32.7 Å². The number of benzene rings is 2. The molecular formula is C24H29Cl2N3O4. The van der Waals surface area contributed by atoms with Crippen molar-refractivity contribution in [1.29, 1.82) is 0 Å². The van der Waals surface area contributed by atoms with Crippen molar-refractivity contribution in [2.75, 3.05) is 33.5 Å². The zero-order valence-corrected chi connectivity index (χ0v) is 20.3. The minimum atomic E-state index is -0.383. The summed E-state index contributed by atoms with van der Waals surface area (Å²) >= 11 is 12.1. The Kier molecular flexibility index (Phi) is 9.52. The number of hydrogen-bond donors (Lipinski definition) is 1. The van der Waals surface area contributed by atoms with E-state index in [-0.39, 0.29) is 37.2 Å². The summed E-state index contributed by atoms with van der Waals surface area (Å²) in [6.07, 6.45) is 1.02. The minimum Gasteiger partial charge on any atom is -0.359 e. The van der Waals surface area contributed by atoms with E-state index in [1.54, 1.807) is 25.3 Å². The topological polar surface area (TPSA) is 71.1 Å². The lowest BCUT2D eigenvalue weighted by Gasteiger charge is -2.34. The van der Waals surface area contributed by atoms with Gasteiger partial charge in [0.2, 0.25) is 11.8 Å². The highest BCUT2D eigenvalue weighted by molar-refractivity contribution is 6.42. The van der Waals surface area contributed by atoms with Gasteiger partial charge in [0.05, 0.1) is 28.6 Å². The molecule has 1 heterocycles. The Morgan fingerprint density at radius 3 is 2.61 bits per heavy atom. The number of likely N-dealkylation sites (tertiary alicyclic amines) is 1. The van der Waals surface area contributed by atoms with Crippen LogP contribution in [0.25, 0.3) is 0 Å². The predicted octanol–water partition coefficient (Wildman–Crippen LogP) is 3.85. The number of carbonyl (C=O) groups is 2. The number of nitrogens with zero attached hydrogens (tertiary/aromatic N) is 2. The average Bonchev–Trinajstić information content (AvgIpc) is 3.25. The van der Waals surface area contributed by atoms with Crippen molar-refractivity contribution < 1.29 is 19.1 Å². The van der Waals surface area contributed by atoms with Crippen LogP contribution in [0.3, 0.4) is 0 Å². The fourth-order valence-electron chi connectivity index (χ4n) is 3.91. The summed E-state index contributed by atoms with van der Waals surface area (Å²) in [5.74, 6) is -0.565. The molecule has 33 heavy (non-hydrogen) atoms. The molecular weight excluding hydrogens is 465 g/mol. The third-order valence-electron chi connectivity index (χ3n) is 5.46. The molecule has 178 valence electrons. The van der Waals surface area contributed by atoms with Crippen molar-refractivity contribution in [2.24, 2.45) is 0 Å². The maximum absolute atomic E-state index is 13.4. The van der Waals surface area contributed by atoms with Crippen molar-refractivity contribution in [2.45, 2.75) is 31.9 Å². The largest absolute Gasteiger partial charge is 0.359 e. The Morgan fingerprint density at radius 2 is 1.94 bits per heavy atom. The first-order chi connectivity index (χ1) is 15.9. The van der Waals surface area contributed by atoms with E-state index in [0.29, 0.717) is 22.2 Å². The molecule has 1 N–H and O–H groups in total. The van der Waals surface area contributed by atoms with Crippen molar-refractivity contribution in [3.63, 3.8) is 0 Å². The summed E-state index contributed by atoms with van der Waals surface area (Å²) in [6, 6.07) is 14.4. The van der Waals surface area contributed by atoms with Gasteiger partial charge in [0, 0.05) is 33.7 Å². The van der Waals surface area contributed by atoms with E-state index < -0.39 is 0 Å². The highest BCUT2D eigenvalue weighted by Gasteiger charge is 2.31. The van der Waals surface area contributed by atoms with Gasteiger partial charge in [-0.15, -0.1) is 0 Å². The van der Waals surface area contributed by atoms with Crippen LogP contribution in [0.1, 0.15) is 30.5 Å². The molecule has 0 spiro atoms. The minimum absolute atomic E-state index is 0.0695. The van der Waals surface area contributed by atoms with Gasteiger partial charge in [0.25, 0.3) is 0 Å². The fraction of sp³-hybridized carbons (Fsp3) is 0.417. The molecule has 0 aromatic heterocycles. The lowest BCUT2D eigenvalue weighted by molar-refractivity contribution is -0.144. The lowest BCUT2D eigenvalue weighted by Crippen LogP contribution is -2.51. The number of rotatable bonds is 9. The fourth-order valence-corrected chi connectivity index (χ4v) is 4.23. The van der Waals surface area contributed by atoms with Crippen LogP contribution in [0.2, 0.25) is 10.0 Å². The summed E-state index contributed by atoms with van der Waals surface area (Å²) in [7, 11) is 1.60.